The maximum absolute atomic E-state index is 11.4. The fraction of sp³-hybridized carbons (Fsp3) is 0.455. The Kier molecular flexibility index (Phi) is 4.28. The lowest BCUT2D eigenvalue weighted by molar-refractivity contribution is 0.0694. The molecule has 0 fully saturated rings. The van der Waals surface area contributed by atoms with Crippen molar-refractivity contribution < 1.29 is 18.3 Å². The Morgan fingerprint density at radius 2 is 2.06 bits per heavy atom. The third-order valence-electron chi connectivity index (χ3n) is 2.49. The van der Waals surface area contributed by atoms with Crippen LogP contribution < -0.4 is 5.43 Å². The number of aryl methyl sites for hydroxylation is 2. The molecule has 0 spiro atoms. The smallest absolute Gasteiger partial charge is 0.341 e. The van der Waals surface area contributed by atoms with Crippen molar-refractivity contribution in [3.8, 4) is 0 Å². The first-order valence-electron chi connectivity index (χ1n) is 5.33. The molecule has 0 aliphatic carbocycles. The van der Waals surface area contributed by atoms with Crippen molar-refractivity contribution >= 4 is 15.8 Å². The van der Waals surface area contributed by atoms with Gasteiger partial charge in [-0.2, -0.15) is 0 Å². The molecule has 1 N–H and O–H groups in total. The molecule has 0 bridgehead atoms. The molecule has 1 rings (SSSR count). The summed E-state index contributed by atoms with van der Waals surface area (Å²) in [6, 6.07) is 1.24. The van der Waals surface area contributed by atoms with Gasteiger partial charge < -0.3 is 9.67 Å². The zero-order valence-electron chi connectivity index (χ0n) is 10.2. The number of carbonyl (C=O) groups is 1. The molecule has 1 aromatic rings. The maximum atomic E-state index is 11.4. The van der Waals surface area contributed by atoms with Crippen LogP contribution in [0.1, 0.15) is 22.5 Å². The van der Waals surface area contributed by atoms with Gasteiger partial charge in [-0.25, -0.2) is 13.2 Å². The van der Waals surface area contributed by atoms with Crippen molar-refractivity contribution in [3.63, 3.8) is 0 Å². The minimum absolute atomic E-state index is 0.0287. The number of aromatic nitrogens is 1. The van der Waals surface area contributed by atoms with Crippen LogP contribution in [0, 0.1) is 6.92 Å². The summed E-state index contributed by atoms with van der Waals surface area (Å²) >= 11 is 0. The summed E-state index contributed by atoms with van der Waals surface area (Å²) in [5.74, 6) is -1.25. The van der Waals surface area contributed by atoms with E-state index in [1.54, 1.807) is 11.5 Å². The lowest BCUT2D eigenvalue weighted by Crippen LogP contribution is -2.19. The number of hydrogen-bond acceptors (Lipinski definition) is 4. The number of carboxylic acid groups (broad SMARTS) is 1. The largest absolute Gasteiger partial charge is 0.477 e. The Morgan fingerprint density at radius 1 is 1.44 bits per heavy atom. The van der Waals surface area contributed by atoms with Crippen LogP contribution in [-0.4, -0.2) is 36.1 Å². The van der Waals surface area contributed by atoms with Gasteiger partial charge in [0.25, 0.3) is 0 Å². The lowest BCUT2D eigenvalue weighted by Gasteiger charge is -2.10. The molecule has 0 aliphatic heterocycles. The molecule has 0 unspecified atom stereocenters. The molecule has 1 aromatic heterocycles. The van der Waals surface area contributed by atoms with Crippen LogP contribution in [0.5, 0.6) is 0 Å². The van der Waals surface area contributed by atoms with Crippen LogP contribution in [0.25, 0.3) is 0 Å². The topological polar surface area (TPSA) is 93.4 Å². The summed E-state index contributed by atoms with van der Waals surface area (Å²) in [6.45, 7) is 2.03. The van der Waals surface area contributed by atoms with Crippen LogP contribution in [0.4, 0.5) is 0 Å². The summed E-state index contributed by atoms with van der Waals surface area (Å²) < 4.78 is 23.5. The third-order valence-corrected chi connectivity index (χ3v) is 3.52. The standard InChI is InChI=1S/C11H15NO5S/c1-8-6-10(13)9(11(14)15)7-12(8)4-3-5-18(2,16)17/h6-7H,3-5H2,1-2H3,(H,14,15). The first kappa shape index (κ1) is 14.4. The Bertz CT molecular complexity index is 615. The average Bonchev–Trinajstić information content (AvgIpc) is 2.18. The van der Waals surface area contributed by atoms with Crippen LogP contribution in [0.2, 0.25) is 0 Å². The Balaban J connectivity index is 2.93. The highest BCUT2D eigenvalue weighted by molar-refractivity contribution is 7.90. The third kappa shape index (κ3) is 3.99. The van der Waals surface area contributed by atoms with Crippen molar-refractivity contribution in [1.82, 2.24) is 4.57 Å². The number of sulfone groups is 1. The van der Waals surface area contributed by atoms with Gasteiger partial charge in [-0.1, -0.05) is 0 Å². The second kappa shape index (κ2) is 5.34. The zero-order chi connectivity index (χ0) is 13.9. The molecular weight excluding hydrogens is 258 g/mol. The average molecular weight is 273 g/mol. The van der Waals surface area contributed by atoms with E-state index in [-0.39, 0.29) is 11.3 Å². The van der Waals surface area contributed by atoms with E-state index in [9.17, 15) is 18.0 Å². The molecule has 0 aliphatic rings. The summed E-state index contributed by atoms with van der Waals surface area (Å²) in [5.41, 5.74) is -0.238. The molecule has 100 valence electrons. The predicted molar refractivity (Wildman–Crippen MR) is 66.7 cm³/mol. The molecule has 6 nitrogen and oxygen atoms in total. The first-order chi connectivity index (χ1) is 8.20. The summed E-state index contributed by atoms with van der Waals surface area (Å²) in [7, 11) is -3.03. The fourth-order valence-electron chi connectivity index (χ4n) is 1.57. The molecule has 7 heteroatoms. The van der Waals surface area contributed by atoms with E-state index in [2.05, 4.69) is 0 Å². The van der Waals surface area contributed by atoms with E-state index in [1.807, 2.05) is 0 Å². The first-order valence-corrected chi connectivity index (χ1v) is 7.39. The van der Waals surface area contributed by atoms with Crippen molar-refractivity contribution in [3.05, 3.63) is 33.7 Å². The van der Waals surface area contributed by atoms with Crippen LogP contribution in [0.15, 0.2) is 17.1 Å². The molecular formula is C11H15NO5S. The van der Waals surface area contributed by atoms with Crippen molar-refractivity contribution in [2.75, 3.05) is 12.0 Å². The van der Waals surface area contributed by atoms with Gasteiger partial charge in [0.05, 0.1) is 5.75 Å². The van der Waals surface area contributed by atoms with E-state index in [1.165, 1.54) is 12.3 Å². The van der Waals surface area contributed by atoms with E-state index in [0.29, 0.717) is 18.7 Å². The van der Waals surface area contributed by atoms with Gasteiger partial charge in [0, 0.05) is 30.8 Å². The predicted octanol–water partition coefficient (Wildman–Crippen LogP) is 0.290. The van der Waals surface area contributed by atoms with Gasteiger partial charge in [-0.3, -0.25) is 4.79 Å². The van der Waals surface area contributed by atoms with E-state index >= 15 is 0 Å². The van der Waals surface area contributed by atoms with Gasteiger partial charge in [0.15, 0.2) is 5.43 Å². The zero-order valence-corrected chi connectivity index (χ0v) is 11.0. The van der Waals surface area contributed by atoms with Gasteiger partial charge in [0.1, 0.15) is 15.4 Å². The molecule has 0 saturated carbocycles. The highest BCUT2D eigenvalue weighted by Gasteiger charge is 2.11. The summed E-state index contributed by atoms with van der Waals surface area (Å²) in [5, 5.41) is 8.83. The maximum Gasteiger partial charge on any atom is 0.341 e. The van der Waals surface area contributed by atoms with Crippen molar-refractivity contribution in [2.45, 2.75) is 19.9 Å². The second-order valence-electron chi connectivity index (χ2n) is 4.17. The normalized spacial score (nSPS) is 11.4. The molecule has 18 heavy (non-hydrogen) atoms. The highest BCUT2D eigenvalue weighted by Crippen LogP contribution is 2.02. The quantitative estimate of drug-likeness (QED) is 0.832. The minimum Gasteiger partial charge on any atom is -0.477 e. The minimum atomic E-state index is -3.03. The van der Waals surface area contributed by atoms with Crippen molar-refractivity contribution in [1.29, 1.82) is 0 Å². The number of carboxylic acids is 1. The van der Waals surface area contributed by atoms with E-state index < -0.39 is 21.2 Å². The number of aromatic carboxylic acids is 1. The second-order valence-corrected chi connectivity index (χ2v) is 6.43. The monoisotopic (exact) mass is 273 g/mol. The van der Waals surface area contributed by atoms with Gasteiger partial charge in [0.2, 0.25) is 0 Å². The van der Waals surface area contributed by atoms with Crippen LogP contribution in [-0.2, 0) is 16.4 Å². The lowest BCUT2D eigenvalue weighted by atomic mass is 10.2. The van der Waals surface area contributed by atoms with Crippen LogP contribution >= 0.6 is 0 Å². The molecule has 0 aromatic carbocycles. The SMILES string of the molecule is Cc1cc(=O)c(C(=O)O)cn1CCCS(C)(=O)=O. The summed E-state index contributed by atoms with van der Waals surface area (Å²) in [6.07, 6.45) is 2.78. The molecule has 1 heterocycles. The van der Waals surface area contributed by atoms with Crippen molar-refractivity contribution in [2.24, 2.45) is 0 Å². The number of nitrogens with zero attached hydrogens (tertiary/aromatic N) is 1. The molecule has 0 amide bonds. The van der Waals surface area contributed by atoms with Gasteiger partial charge in [-0.15, -0.1) is 0 Å². The van der Waals surface area contributed by atoms with Gasteiger partial charge in [-0.05, 0) is 13.3 Å². The number of rotatable bonds is 5. The molecule has 0 atom stereocenters. The highest BCUT2D eigenvalue weighted by atomic mass is 32.2. The van der Waals surface area contributed by atoms with E-state index in [0.717, 1.165) is 6.26 Å². The van der Waals surface area contributed by atoms with Gasteiger partial charge >= 0.3 is 5.97 Å². The van der Waals surface area contributed by atoms with E-state index in [4.69, 9.17) is 5.11 Å². The Hall–Kier alpha value is -1.63. The summed E-state index contributed by atoms with van der Waals surface area (Å²) in [4.78, 5) is 22.2. The number of hydrogen-bond donors (Lipinski definition) is 1. The Labute approximate surface area is 105 Å². The fourth-order valence-corrected chi connectivity index (χ4v) is 2.22. The Morgan fingerprint density at radius 3 is 2.56 bits per heavy atom. The molecule has 0 radical (unpaired) electrons. The van der Waals surface area contributed by atoms with Crippen LogP contribution in [0.3, 0.4) is 0 Å². The molecule has 0 saturated heterocycles. The number of pyridine rings is 1.